The lowest BCUT2D eigenvalue weighted by Gasteiger charge is -2.61. The Hall–Kier alpha value is -5.27. The molecule has 19 nitrogen and oxygen atoms in total. The molecule has 2 bridgehead atoms. The summed E-state index contributed by atoms with van der Waals surface area (Å²) in [6.07, 6.45) is -10.4. The Morgan fingerprint density at radius 2 is 1.65 bits per heavy atom. The smallest absolute Gasteiger partial charge is 0.348 e. The zero-order valence-electron chi connectivity index (χ0n) is 28.1. The van der Waals surface area contributed by atoms with Gasteiger partial charge in [0.15, 0.2) is 29.8 Å². The van der Waals surface area contributed by atoms with E-state index in [0.717, 1.165) is 18.1 Å². The van der Waals surface area contributed by atoms with Crippen molar-refractivity contribution in [3.8, 4) is 11.5 Å². The van der Waals surface area contributed by atoms with Crippen LogP contribution in [-0.4, -0.2) is 135 Å². The maximum absolute atomic E-state index is 13.5. The molecule has 8 atom stereocenters. The van der Waals surface area contributed by atoms with Crippen molar-refractivity contribution >= 4 is 41.8 Å². The van der Waals surface area contributed by atoms with E-state index >= 15 is 0 Å². The average molecular weight is 736 g/mol. The van der Waals surface area contributed by atoms with Crippen molar-refractivity contribution in [2.45, 2.75) is 93.0 Å². The Bertz CT molecular complexity index is 1720. The third-order valence-electron chi connectivity index (χ3n) is 9.84. The normalized spacial score (nSPS) is 26.1. The number of carbonyl (C=O) groups is 7. The molecular formula is C33H37NO18. The van der Waals surface area contributed by atoms with Gasteiger partial charge in [-0.3, -0.25) is 14.4 Å². The SMILES string of the molecule is COc1ccc2c3c1O[C@@H]1C(OC(=O)C[C@H](OC(=O)C[C@H](O)C(=O)O)C(=O)O[C@@H](C)C(=O)O[C@@H](CC(=O)O)C(=O)O)=CC[C@]4(O)[C@H](C2)N(C)CC[C@@]314. The number of carboxylic acids is 3. The molecule has 1 fully saturated rings. The van der Waals surface area contributed by atoms with Crippen molar-refractivity contribution < 1.29 is 87.5 Å². The van der Waals surface area contributed by atoms with E-state index in [2.05, 4.69) is 9.64 Å². The minimum atomic E-state index is -2.24. The van der Waals surface area contributed by atoms with Crippen LogP contribution in [0.5, 0.6) is 11.5 Å². The monoisotopic (exact) mass is 735 g/mol. The van der Waals surface area contributed by atoms with Crippen LogP contribution >= 0.6 is 0 Å². The summed E-state index contributed by atoms with van der Waals surface area (Å²) in [4.78, 5) is 86.9. The summed E-state index contributed by atoms with van der Waals surface area (Å²) in [5.74, 6) is -10.1. The second kappa shape index (κ2) is 14.4. The molecule has 2 heterocycles. The summed E-state index contributed by atoms with van der Waals surface area (Å²) < 4.78 is 32.2. The number of methoxy groups -OCH3 is 1. The molecule has 0 aromatic heterocycles. The second-order valence-corrected chi connectivity index (χ2v) is 12.9. The van der Waals surface area contributed by atoms with Gasteiger partial charge in [-0.25, -0.2) is 19.2 Å². The number of esters is 4. The number of aliphatic hydroxyl groups excluding tert-OH is 1. The molecule has 5 rings (SSSR count). The summed E-state index contributed by atoms with van der Waals surface area (Å²) >= 11 is 0. The van der Waals surface area contributed by atoms with Crippen LogP contribution in [0.1, 0.15) is 50.2 Å². The van der Waals surface area contributed by atoms with Crippen LogP contribution in [-0.2, 0) is 64.3 Å². The third kappa shape index (κ3) is 6.73. The maximum atomic E-state index is 13.5. The largest absolute Gasteiger partial charge is 0.493 e. The van der Waals surface area contributed by atoms with Crippen molar-refractivity contribution in [3.05, 3.63) is 35.1 Å². The minimum Gasteiger partial charge on any atom is -0.493 e. The van der Waals surface area contributed by atoms with E-state index in [4.69, 9.17) is 39.0 Å². The van der Waals surface area contributed by atoms with Crippen molar-refractivity contribution in [3.63, 3.8) is 0 Å². The van der Waals surface area contributed by atoms with E-state index < -0.39 is 103 Å². The van der Waals surface area contributed by atoms with Crippen molar-refractivity contribution in [1.29, 1.82) is 0 Å². The number of ether oxygens (including phenoxy) is 6. The molecule has 19 heteroatoms. The van der Waals surface area contributed by atoms with E-state index in [1.54, 1.807) is 6.07 Å². The molecule has 0 radical (unpaired) electrons. The summed E-state index contributed by atoms with van der Waals surface area (Å²) in [7, 11) is 3.37. The fourth-order valence-electron chi connectivity index (χ4n) is 7.41. The first-order chi connectivity index (χ1) is 24.4. The van der Waals surface area contributed by atoms with Crippen LogP contribution in [0.2, 0.25) is 0 Å². The fourth-order valence-corrected chi connectivity index (χ4v) is 7.41. The van der Waals surface area contributed by atoms with Gasteiger partial charge in [0.25, 0.3) is 0 Å². The van der Waals surface area contributed by atoms with Gasteiger partial charge in [0.2, 0.25) is 12.2 Å². The lowest BCUT2D eigenvalue weighted by molar-refractivity contribution is -0.185. The van der Waals surface area contributed by atoms with E-state index in [9.17, 15) is 43.8 Å². The van der Waals surface area contributed by atoms with E-state index in [0.29, 0.717) is 30.9 Å². The lowest BCUT2D eigenvalue weighted by atomic mass is 9.50. The van der Waals surface area contributed by atoms with Crippen LogP contribution in [0.3, 0.4) is 0 Å². The lowest BCUT2D eigenvalue weighted by Crippen LogP contribution is -2.74. The molecule has 2 aliphatic carbocycles. The van der Waals surface area contributed by atoms with Gasteiger partial charge in [-0.05, 0) is 51.1 Å². The first-order valence-electron chi connectivity index (χ1n) is 16.1. The predicted octanol–water partition coefficient (Wildman–Crippen LogP) is -0.944. The molecule has 0 unspecified atom stereocenters. The highest BCUT2D eigenvalue weighted by Crippen LogP contribution is 2.65. The molecule has 52 heavy (non-hydrogen) atoms. The van der Waals surface area contributed by atoms with Crippen LogP contribution in [0.4, 0.5) is 0 Å². The number of aliphatic carboxylic acids is 3. The van der Waals surface area contributed by atoms with Gasteiger partial charge in [-0.2, -0.15) is 0 Å². The number of carbonyl (C=O) groups excluding carboxylic acids is 4. The first kappa shape index (κ1) is 38.0. The van der Waals surface area contributed by atoms with Crippen molar-refractivity contribution in [1.82, 2.24) is 4.90 Å². The zero-order chi connectivity index (χ0) is 38.3. The average Bonchev–Trinajstić information content (AvgIpc) is 3.42. The number of nitrogens with zero attached hydrogens (tertiary/aromatic N) is 1. The summed E-state index contributed by atoms with van der Waals surface area (Å²) in [5.41, 5.74) is -0.733. The Morgan fingerprint density at radius 3 is 2.29 bits per heavy atom. The Balaban J connectivity index is 1.37. The standard InChI is InChI=1S/C33H37NO18/c1-14(30(44)51-19(29(42)43)12-22(36)37)48-31(45)20(50-23(38)11-16(35)28(40)41)13-24(39)49-18-6-7-33(46)21-10-15-4-5-17(47-3)26-25(15)32(33,27(18)52-26)8-9-34(21)2/h4-6,14,16,19-21,27,35,46H,7-13H2,1-3H3,(H,36,37)(H,40,41)(H,42,43)/t14-,16-,19-,20-,21-,27+,32+,33-/m0/s1. The van der Waals surface area contributed by atoms with Crippen LogP contribution in [0.15, 0.2) is 24.0 Å². The molecule has 4 aliphatic rings. The van der Waals surface area contributed by atoms with Gasteiger partial charge in [-0.15, -0.1) is 0 Å². The van der Waals surface area contributed by atoms with Crippen LogP contribution in [0.25, 0.3) is 0 Å². The van der Waals surface area contributed by atoms with Gasteiger partial charge in [0.05, 0.1) is 37.4 Å². The summed E-state index contributed by atoms with van der Waals surface area (Å²) in [6.45, 7) is 1.50. The molecule has 5 N–H and O–H groups in total. The zero-order valence-corrected chi connectivity index (χ0v) is 28.1. The Morgan fingerprint density at radius 1 is 0.942 bits per heavy atom. The third-order valence-corrected chi connectivity index (χ3v) is 9.84. The minimum absolute atomic E-state index is 0.0149. The number of hydrogen-bond acceptors (Lipinski definition) is 16. The molecule has 1 saturated heterocycles. The van der Waals surface area contributed by atoms with Gasteiger partial charge < -0.3 is 58.9 Å². The number of benzene rings is 1. The van der Waals surface area contributed by atoms with E-state index in [1.807, 2.05) is 13.1 Å². The number of hydrogen-bond donors (Lipinski definition) is 5. The summed E-state index contributed by atoms with van der Waals surface area (Å²) in [6, 6.07) is 3.34. The molecule has 0 saturated carbocycles. The number of rotatable bonds is 15. The van der Waals surface area contributed by atoms with Crippen LogP contribution in [0, 0.1) is 0 Å². The Labute approximate surface area is 294 Å². The van der Waals surface area contributed by atoms with Crippen molar-refractivity contribution in [2.75, 3.05) is 20.7 Å². The van der Waals surface area contributed by atoms with Crippen LogP contribution < -0.4 is 9.47 Å². The predicted molar refractivity (Wildman–Crippen MR) is 166 cm³/mol. The van der Waals surface area contributed by atoms with Gasteiger partial charge in [0.1, 0.15) is 5.76 Å². The van der Waals surface area contributed by atoms with Gasteiger partial charge in [0, 0.05) is 18.0 Å². The number of aliphatic hydroxyl groups is 2. The second-order valence-electron chi connectivity index (χ2n) is 12.9. The van der Waals surface area contributed by atoms with E-state index in [1.165, 1.54) is 13.2 Å². The number of likely N-dealkylation sites (N-methyl/N-ethyl adjacent to an activating group) is 1. The fraction of sp³-hybridized carbons (Fsp3) is 0.545. The molecule has 1 aromatic carbocycles. The molecular weight excluding hydrogens is 698 g/mol. The summed E-state index contributed by atoms with van der Waals surface area (Å²) in [5, 5.41) is 48.9. The van der Waals surface area contributed by atoms with Gasteiger partial charge in [-0.1, -0.05) is 6.07 Å². The first-order valence-corrected chi connectivity index (χ1v) is 16.1. The highest BCUT2D eigenvalue weighted by Gasteiger charge is 2.72. The Kier molecular flexibility index (Phi) is 10.5. The quantitative estimate of drug-likeness (QED) is 0.107. The molecule has 2 aliphatic heterocycles. The number of carboxylic acid groups (broad SMARTS) is 3. The number of likely N-dealkylation sites (tertiary alicyclic amines) is 1. The molecule has 282 valence electrons. The van der Waals surface area contributed by atoms with E-state index in [-0.39, 0.29) is 18.2 Å². The number of piperidine rings is 1. The highest BCUT2D eigenvalue weighted by atomic mass is 16.6. The van der Waals surface area contributed by atoms with Gasteiger partial charge >= 0.3 is 41.8 Å². The molecule has 1 aromatic rings. The maximum Gasteiger partial charge on any atom is 0.348 e. The molecule has 0 amide bonds. The molecule has 1 spiro atoms. The highest BCUT2D eigenvalue weighted by molar-refractivity contribution is 5.89. The topological polar surface area (TPSA) is 279 Å². The van der Waals surface area contributed by atoms with Crippen molar-refractivity contribution in [2.24, 2.45) is 0 Å².